The molecule has 1 saturated heterocycles. The van der Waals surface area contributed by atoms with Crippen LogP contribution >= 0.6 is 0 Å². The molecule has 0 spiro atoms. The number of amides is 1. The molecule has 0 aliphatic carbocycles. The zero-order valence-electron chi connectivity index (χ0n) is 10.7. The Balaban J connectivity index is 1.77. The number of H-pyrrole nitrogens is 1. The molecule has 6 nitrogen and oxygen atoms in total. The number of nitrogens with one attached hydrogen (secondary N) is 1. The fourth-order valence-electron chi connectivity index (χ4n) is 2.38. The lowest BCUT2D eigenvalue weighted by molar-refractivity contribution is 0.0534. The van der Waals surface area contributed by atoms with Crippen molar-refractivity contribution in [3.63, 3.8) is 0 Å². The van der Waals surface area contributed by atoms with Crippen molar-refractivity contribution in [2.45, 2.75) is 6.04 Å². The Hall–Kier alpha value is -2.08. The molecule has 0 unspecified atom stereocenters. The first-order chi connectivity index (χ1) is 9.25. The van der Waals surface area contributed by atoms with Gasteiger partial charge in [0.25, 0.3) is 5.91 Å². The van der Waals surface area contributed by atoms with Gasteiger partial charge in [-0.15, -0.1) is 0 Å². The number of rotatable bonds is 2. The predicted molar refractivity (Wildman–Crippen MR) is 68.6 cm³/mol. The minimum atomic E-state index is 0.0124. The van der Waals surface area contributed by atoms with Crippen LogP contribution in [0.1, 0.15) is 22.2 Å². The van der Waals surface area contributed by atoms with Gasteiger partial charge in [0.2, 0.25) is 0 Å². The van der Waals surface area contributed by atoms with Crippen LogP contribution in [0.4, 0.5) is 0 Å². The standard InChI is InChI=1S/C13H16N4O2/c1-16-5-6-17(13(18)10-2-7-19-9-10)8-11(16)12-14-3-4-15-12/h2-4,7,9,11H,5-6,8H2,1H3,(H,14,15)/t11-/m0/s1. The largest absolute Gasteiger partial charge is 0.472 e. The van der Waals surface area contributed by atoms with Gasteiger partial charge in [0, 0.05) is 32.0 Å². The molecule has 1 fully saturated rings. The van der Waals surface area contributed by atoms with Gasteiger partial charge in [-0.05, 0) is 13.1 Å². The van der Waals surface area contributed by atoms with Gasteiger partial charge in [0.05, 0.1) is 17.9 Å². The fraction of sp³-hybridized carbons (Fsp3) is 0.385. The first kappa shape index (κ1) is 12.0. The van der Waals surface area contributed by atoms with Gasteiger partial charge in [-0.1, -0.05) is 0 Å². The lowest BCUT2D eigenvalue weighted by Gasteiger charge is -2.38. The molecule has 1 aliphatic heterocycles. The average molecular weight is 260 g/mol. The molecule has 1 amide bonds. The topological polar surface area (TPSA) is 65.4 Å². The van der Waals surface area contributed by atoms with Gasteiger partial charge in [-0.3, -0.25) is 9.69 Å². The van der Waals surface area contributed by atoms with Crippen molar-refractivity contribution in [1.29, 1.82) is 0 Å². The van der Waals surface area contributed by atoms with E-state index in [9.17, 15) is 4.79 Å². The van der Waals surface area contributed by atoms with Crippen LogP contribution in [0, 0.1) is 0 Å². The summed E-state index contributed by atoms with van der Waals surface area (Å²) < 4.78 is 4.97. The highest BCUT2D eigenvalue weighted by Crippen LogP contribution is 2.22. The minimum absolute atomic E-state index is 0.0124. The van der Waals surface area contributed by atoms with Gasteiger partial charge in [0.1, 0.15) is 12.1 Å². The Morgan fingerprint density at radius 1 is 1.53 bits per heavy atom. The Morgan fingerprint density at radius 3 is 3.11 bits per heavy atom. The molecule has 0 aromatic carbocycles. The molecule has 3 heterocycles. The molecule has 19 heavy (non-hydrogen) atoms. The lowest BCUT2D eigenvalue weighted by Crippen LogP contribution is -2.49. The van der Waals surface area contributed by atoms with E-state index in [1.807, 2.05) is 11.9 Å². The molecular weight excluding hydrogens is 244 g/mol. The Bertz CT molecular complexity index is 535. The monoisotopic (exact) mass is 260 g/mol. The molecule has 100 valence electrons. The number of aromatic amines is 1. The van der Waals surface area contributed by atoms with E-state index in [0.29, 0.717) is 12.1 Å². The Morgan fingerprint density at radius 2 is 2.42 bits per heavy atom. The summed E-state index contributed by atoms with van der Waals surface area (Å²) in [5, 5.41) is 0. The summed E-state index contributed by atoms with van der Waals surface area (Å²) in [6.07, 6.45) is 6.55. The molecule has 2 aromatic heterocycles. The summed E-state index contributed by atoms with van der Waals surface area (Å²) in [7, 11) is 2.05. The van der Waals surface area contributed by atoms with Crippen molar-refractivity contribution in [3.05, 3.63) is 42.4 Å². The van der Waals surface area contributed by atoms with Crippen molar-refractivity contribution >= 4 is 5.91 Å². The molecular formula is C13H16N4O2. The highest BCUT2D eigenvalue weighted by atomic mass is 16.3. The molecule has 1 aliphatic rings. The quantitative estimate of drug-likeness (QED) is 0.879. The number of furan rings is 1. The first-order valence-corrected chi connectivity index (χ1v) is 6.26. The van der Waals surface area contributed by atoms with Crippen molar-refractivity contribution in [2.75, 3.05) is 26.7 Å². The second-order valence-corrected chi connectivity index (χ2v) is 4.73. The number of imidazole rings is 1. The molecule has 0 saturated carbocycles. The molecule has 6 heteroatoms. The summed E-state index contributed by atoms with van der Waals surface area (Å²) in [5.41, 5.74) is 0.600. The minimum Gasteiger partial charge on any atom is -0.472 e. The van der Waals surface area contributed by atoms with Crippen molar-refractivity contribution in [1.82, 2.24) is 19.8 Å². The van der Waals surface area contributed by atoms with E-state index >= 15 is 0 Å². The highest BCUT2D eigenvalue weighted by Gasteiger charge is 2.30. The third kappa shape index (κ3) is 2.26. The number of piperazine rings is 1. The van der Waals surface area contributed by atoms with Crippen LogP contribution in [0.5, 0.6) is 0 Å². The second kappa shape index (κ2) is 4.89. The van der Waals surface area contributed by atoms with Gasteiger partial charge in [0.15, 0.2) is 0 Å². The Labute approximate surface area is 111 Å². The maximum Gasteiger partial charge on any atom is 0.257 e. The smallest absolute Gasteiger partial charge is 0.257 e. The maximum atomic E-state index is 12.3. The molecule has 0 radical (unpaired) electrons. The summed E-state index contributed by atoms with van der Waals surface area (Å²) in [4.78, 5) is 23.8. The third-order valence-corrected chi connectivity index (χ3v) is 3.54. The number of hydrogen-bond donors (Lipinski definition) is 1. The number of hydrogen-bond acceptors (Lipinski definition) is 4. The zero-order chi connectivity index (χ0) is 13.2. The summed E-state index contributed by atoms with van der Waals surface area (Å²) >= 11 is 0. The van der Waals surface area contributed by atoms with E-state index in [1.165, 1.54) is 12.5 Å². The Kier molecular flexibility index (Phi) is 3.08. The van der Waals surface area contributed by atoms with E-state index < -0.39 is 0 Å². The summed E-state index contributed by atoms with van der Waals surface area (Å²) in [5.74, 6) is 0.908. The van der Waals surface area contributed by atoms with E-state index in [2.05, 4.69) is 14.9 Å². The molecule has 0 bridgehead atoms. The lowest BCUT2D eigenvalue weighted by atomic mass is 10.1. The van der Waals surface area contributed by atoms with Crippen molar-refractivity contribution < 1.29 is 9.21 Å². The molecule has 3 rings (SSSR count). The van der Waals surface area contributed by atoms with Crippen LogP contribution < -0.4 is 0 Å². The van der Waals surface area contributed by atoms with Gasteiger partial charge < -0.3 is 14.3 Å². The number of aromatic nitrogens is 2. The highest BCUT2D eigenvalue weighted by molar-refractivity contribution is 5.93. The predicted octanol–water partition coefficient (Wildman–Crippen LogP) is 1.13. The van der Waals surface area contributed by atoms with Gasteiger partial charge in [-0.25, -0.2) is 4.98 Å². The summed E-state index contributed by atoms with van der Waals surface area (Å²) in [6, 6.07) is 1.81. The van der Waals surface area contributed by atoms with Crippen LogP contribution in [0.2, 0.25) is 0 Å². The number of nitrogens with zero attached hydrogens (tertiary/aromatic N) is 3. The molecule has 2 aromatic rings. The fourth-order valence-corrected chi connectivity index (χ4v) is 2.38. The van der Waals surface area contributed by atoms with E-state index in [0.717, 1.165) is 18.9 Å². The molecule has 1 N–H and O–H groups in total. The van der Waals surface area contributed by atoms with E-state index in [1.54, 1.807) is 18.5 Å². The van der Waals surface area contributed by atoms with E-state index in [-0.39, 0.29) is 11.9 Å². The second-order valence-electron chi connectivity index (χ2n) is 4.73. The number of likely N-dealkylation sites (N-methyl/N-ethyl adjacent to an activating group) is 1. The molecule has 1 atom stereocenters. The normalized spacial score (nSPS) is 20.7. The SMILES string of the molecule is CN1CCN(C(=O)c2ccoc2)C[C@H]1c1ncc[nH]1. The van der Waals surface area contributed by atoms with Crippen LogP contribution in [0.25, 0.3) is 0 Å². The van der Waals surface area contributed by atoms with Crippen LogP contribution in [0.3, 0.4) is 0 Å². The van der Waals surface area contributed by atoms with Crippen molar-refractivity contribution in [3.8, 4) is 0 Å². The number of carbonyl (C=O) groups excluding carboxylic acids is 1. The van der Waals surface area contributed by atoms with Crippen LogP contribution in [0.15, 0.2) is 35.4 Å². The summed E-state index contributed by atoms with van der Waals surface area (Å²) in [6.45, 7) is 2.18. The van der Waals surface area contributed by atoms with Crippen LogP contribution in [-0.2, 0) is 0 Å². The first-order valence-electron chi connectivity index (χ1n) is 6.26. The number of carbonyl (C=O) groups is 1. The van der Waals surface area contributed by atoms with Crippen LogP contribution in [-0.4, -0.2) is 52.4 Å². The zero-order valence-corrected chi connectivity index (χ0v) is 10.7. The average Bonchev–Trinajstić information content (AvgIpc) is 3.12. The van der Waals surface area contributed by atoms with E-state index in [4.69, 9.17) is 4.42 Å². The third-order valence-electron chi connectivity index (χ3n) is 3.54. The van der Waals surface area contributed by atoms with Crippen molar-refractivity contribution in [2.24, 2.45) is 0 Å². The maximum absolute atomic E-state index is 12.3. The van der Waals surface area contributed by atoms with Gasteiger partial charge in [-0.2, -0.15) is 0 Å². The van der Waals surface area contributed by atoms with Gasteiger partial charge >= 0.3 is 0 Å².